The van der Waals surface area contributed by atoms with Crippen LogP contribution in [-0.2, 0) is 10.0 Å². The van der Waals surface area contributed by atoms with E-state index in [4.69, 9.17) is 4.74 Å². The van der Waals surface area contributed by atoms with Gasteiger partial charge in [0.15, 0.2) is 0 Å². The molecule has 6 bridgehead atoms. The van der Waals surface area contributed by atoms with Crippen LogP contribution in [0.2, 0.25) is 0 Å². The molecule has 10 heteroatoms. The molecule has 2 atom stereocenters. The SMILES string of the molecule is Cc1cccc(C)c1-c1cc2nc(n1)NS(=O)(=O)c1cccc(c1)C(=O)N1C[C@@H](CN(C3CC4(CCCCC4)C3)C[C@@H]1C(C)C)O2. The molecule has 0 unspecified atom stereocenters. The number of nitrogens with zero attached hydrogens (tertiary/aromatic N) is 4. The molecule has 2 aliphatic carbocycles. The highest BCUT2D eigenvalue weighted by atomic mass is 32.2. The van der Waals surface area contributed by atoms with E-state index in [1.807, 2.05) is 36.9 Å². The summed E-state index contributed by atoms with van der Waals surface area (Å²) < 4.78 is 36.6. The Kier molecular flexibility index (Phi) is 8.08. The Bertz CT molecular complexity index is 1720. The minimum atomic E-state index is -4.10. The van der Waals surface area contributed by atoms with Gasteiger partial charge in [-0.05, 0) is 80.2 Å². The van der Waals surface area contributed by atoms with Gasteiger partial charge in [-0.1, -0.05) is 57.4 Å². The number of hydrogen-bond acceptors (Lipinski definition) is 7. The normalized spacial score (nSPS) is 24.5. The van der Waals surface area contributed by atoms with Crippen molar-refractivity contribution in [2.75, 3.05) is 24.4 Å². The molecule has 9 nitrogen and oxygen atoms in total. The van der Waals surface area contributed by atoms with Gasteiger partial charge in [-0.25, -0.2) is 18.1 Å². The van der Waals surface area contributed by atoms with Crippen molar-refractivity contribution in [3.8, 4) is 17.1 Å². The summed E-state index contributed by atoms with van der Waals surface area (Å²) in [4.78, 5) is 28.1. The summed E-state index contributed by atoms with van der Waals surface area (Å²) in [6.07, 6.45) is 8.70. The molecule has 1 N–H and O–H groups in total. The number of nitrogens with one attached hydrogen (secondary N) is 1. The molecule has 7 rings (SSSR count). The van der Waals surface area contributed by atoms with Gasteiger partial charge < -0.3 is 9.64 Å². The van der Waals surface area contributed by atoms with Crippen molar-refractivity contribution in [3.63, 3.8) is 0 Å². The zero-order valence-electron chi connectivity index (χ0n) is 27.3. The first-order valence-electron chi connectivity index (χ1n) is 16.8. The highest BCUT2D eigenvalue weighted by Gasteiger charge is 2.49. The number of fused-ring (bicyclic) bond motifs is 6. The van der Waals surface area contributed by atoms with E-state index in [9.17, 15) is 13.2 Å². The number of carbonyl (C=O) groups excluding carboxylic acids is 1. The number of rotatable bonds is 3. The van der Waals surface area contributed by atoms with Crippen LogP contribution in [0.4, 0.5) is 5.95 Å². The Balaban J connectivity index is 1.33. The predicted octanol–water partition coefficient (Wildman–Crippen LogP) is 6.22. The van der Waals surface area contributed by atoms with Crippen molar-refractivity contribution in [2.45, 2.75) is 95.7 Å². The van der Waals surface area contributed by atoms with Crippen molar-refractivity contribution in [1.29, 1.82) is 0 Å². The minimum Gasteiger partial charge on any atom is -0.471 e. The van der Waals surface area contributed by atoms with Crippen LogP contribution in [0, 0.1) is 25.2 Å². The van der Waals surface area contributed by atoms with Crippen molar-refractivity contribution < 1.29 is 17.9 Å². The number of amides is 1. The highest BCUT2D eigenvalue weighted by molar-refractivity contribution is 7.92. The fourth-order valence-electron chi connectivity index (χ4n) is 8.36. The van der Waals surface area contributed by atoms with E-state index in [2.05, 4.69) is 33.4 Å². The van der Waals surface area contributed by atoms with Gasteiger partial charge >= 0.3 is 0 Å². The molecular weight excluding hydrogens is 598 g/mol. The molecule has 1 aromatic heterocycles. The number of ether oxygens (including phenoxy) is 1. The van der Waals surface area contributed by atoms with Gasteiger partial charge in [-0.15, -0.1) is 0 Å². The maximum absolute atomic E-state index is 14.3. The smallest absolute Gasteiger partial charge is 0.264 e. The fraction of sp³-hybridized carbons (Fsp3) is 0.528. The largest absolute Gasteiger partial charge is 0.471 e. The number of aromatic nitrogens is 2. The van der Waals surface area contributed by atoms with E-state index in [1.165, 1.54) is 57.1 Å². The number of carbonyl (C=O) groups is 1. The summed E-state index contributed by atoms with van der Waals surface area (Å²) in [7, 11) is -4.10. The van der Waals surface area contributed by atoms with Crippen LogP contribution in [0.3, 0.4) is 0 Å². The number of sulfonamides is 1. The van der Waals surface area contributed by atoms with E-state index >= 15 is 0 Å². The van der Waals surface area contributed by atoms with E-state index < -0.39 is 10.0 Å². The van der Waals surface area contributed by atoms with Crippen LogP contribution in [0.25, 0.3) is 11.3 Å². The van der Waals surface area contributed by atoms with Gasteiger partial charge in [0.05, 0.1) is 17.1 Å². The van der Waals surface area contributed by atoms with E-state index in [0.29, 0.717) is 35.8 Å². The van der Waals surface area contributed by atoms with Crippen LogP contribution in [0.15, 0.2) is 53.4 Å². The quantitative estimate of drug-likeness (QED) is 0.362. The maximum atomic E-state index is 14.3. The van der Waals surface area contributed by atoms with Gasteiger partial charge in [0, 0.05) is 42.4 Å². The maximum Gasteiger partial charge on any atom is 0.264 e. The van der Waals surface area contributed by atoms with E-state index in [-0.39, 0.29) is 40.7 Å². The molecule has 1 spiro atoms. The van der Waals surface area contributed by atoms with Gasteiger partial charge in [-0.3, -0.25) is 9.69 Å². The zero-order chi connectivity index (χ0) is 32.2. The van der Waals surface area contributed by atoms with Crippen LogP contribution < -0.4 is 9.46 Å². The molecule has 3 fully saturated rings. The number of aryl methyl sites for hydroxylation is 2. The van der Waals surface area contributed by atoms with Crippen LogP contribution in [0.1, 0.15) is 80.3 Å². The van der Waals surface area contributed by atoms with Gasteiger partial charge in [0.25, 0.3) is 15.9 Å². The monoisotopic (exact) mass is 643 g/mol. The lowest BCUT2D eigenvalue weighted by molar-refractivity contribution is -0.0363. The molecule has 1 saturated heterocycles. The average Bonchev–Trinajstić information content (AvgIpc) is 3.19. The summed E-state index contributed by atoms with van der Waals surface area (Å²) >= 11 is 0. The van der Waals surface area contributed by atoms with Crippen LogP contribution in [-0.4, -0.2) is 71.9 Å². The molecule has 0 radical (unpaired) electrons. The topological polar surface area (TPSA) is 105 Å². The number of hydrogen-bond donors (Lipinski definition) is 1. The zero-order valence-corrected chi connectivity index (χ0v) is 28.1. The van der Waals surface area contributed by atoms with Crippen molar-refractivity contribution >= 4 is 21.9 Å². The standard InChI is InChI=1S/C36H45N5O4S/c1-23(2)31-22-40(27-18-36(19-27)14-6-5-7-15-36)20-28-21-41(31)34(42)26-12-9-13-29(16-26)46(43,44)39-35-37-30(17-32(38-35)45-28)33-24(3)10-8-11-25(33)4/h8-13,16-17,23,27-28,31H,5-7,14-15,18-22H2,1-4H3,(H,37,38,39)/t28-,31-/m1/s1. The average molecular weight is 644 g/mol. The highest BCUT2D eigenvalue weighted by Crippen LogP contribution is 2.53. The van der Waals surface area contributed by atoms with Crippen molar-refractivity contribution in [1.82, 2.24) is 19.8 Å². The van der Waals surface area contributed by atoms with Crippen LogP contribution >= 0.6 is 0 Å². The molecule has 2 aromatic carbocycles. The van der Waals surface area contributed by atoms with Gasteiger partial charge in [-0.2, -0.15) is 4.98 Å². The molecule has 244 valence electrons. The lowest BCUT2D eigenvalue weighted by Crippen LogP contribution is -2.55. The van der Waals surface area contributed by atoms with E-state index in [0.717, 1.165) is 23.2 Å². The van der Waals surface area contributed by atoms with Crippen LogP contribution in [0.5, 0.6) is 5.88 Å². The Hall–Kier alpha value is -3.50. The molecule has 1 amide bonds. The first-order chi connectivity index (χ1) is 22.0. The molecule has 46 heavy (non-hydrogen) atoms. The van der Waals surface area contributed by atoms with Gasteiger partial charge in [0.2, 0.25) is 11.8 Å². The molecule has 2 aliphatic heterocycles. The summed E-state index contributed by atoms with van der Waals surface area (Å²) in [5.41, 5.74) is 4.34. The second-order valence-corrected chi connectivity index (χ2v) is 16.1. The summed E-state index contributed by atoms with van der Waals surface area (Å²) in [5.74, 6) is 0.233. The molecule has 3 aromatic rings. The third-order valence-electron chi connectivity index (χ3n) is 10.8. The van der Waals surface area contributed by atoms with Gasteiger partial charge in [0.1, 0.15) is 6.10 Å². The lowest BCUT2D eigenvalue weighted by Gasteiger charge is -2.54. The first kappa shape index (κ1) is 31.1. The Morgan fingerprint density at radius 3 is 2.37 bits per heavy atom. The number of benzene rings is 2. The second kappa shape index (κ2) is 11.9. The Morgan fingerprint density at radius 2 is 1.65 bits per heavy atom. The van der Waals surface area contributed by atoms with Crippen molar-refractivity contribution in [3.05, 3.63) is 65.2 Å². The summed E-state index contributed by atoms with van der Waals surface area (Å²) in [5, 5.41) is 0. The molecule has 2 saturated carbocycles. The summed E-state index contributed by atoms with van der Waals surface area (Å²) in [6.45, 7) is 10.2. The molecule has 4 aliphatic rings. The number of anilines is 1. The predicted molar refractivity (Wildman–Crippen MR) is 178 cm³/mol. The second-order valence-electron chi connectivity index (χ2n) is 14.4. The fourth-order valence-corrected chi connectivity index (χ4v) is 9.35. The van der Waals surface area contributed by atoms with Crippen molar-refractivity contribution in [2.24, 2.45) is 11.3 Å². The minimum absolute atomic E-state index is 0.0116. The Morgan fingerprint density at radius 1 is 0.935 bits per heavy atom. The van der Waals surface area contributed by atoms with E-state index in [1.54, 1.807) is 18.2 Å². The third kappa shape index (κ3) is 5.90. The molecular formula is C36H45N5O4S. The third-order valence-corrected chi connectivity index (χ3v) is 12.1. The summed E-state index contributed by atoms with van der Waals surface area (Å²) in [6, 6.07) is 14.5. The lowest BCUT2D eigenvalue weighted by atomic mass is 9.58. The first-order valence-corrected chi connectivity index (χ1v) is 18.3. The Labute approximate surface area is 272 Å². The molecule has 3 heterocycles.